The van der Waals surface area contributed by atoms with Crippen molar-refractivity contribution in [3.05, 3.63) is 30.1 Å². The summed E-state index contributed by atoms with van der Waals surface area (Å²) < 4.78 is 2.54. The Morgan fingerprint density at radius 2 is 1.61 bits per heavy atom. The molecular weight excluding hydrogens is 380 g/mol. The molecule has 2 aromatic rings. The van der Waals surface area contributed by atoms with E-state index >= 15 is 0 Å². The number of nitrogens with zero attached hydrogens (tertiary/aromatic N) is 4. The Bertz CT molecular complexity index is 857. The standard InChI is InChI=1S/C27H42N4/c1-27(2,3)22-8-10-23(11-9-22)30-17-12-24(13-18-30)31-20-21(19-29-15-4-5-16-29)25-7-6-14-28-26(25)31/h6-7,14,20,22-24H,4-5,8-13,15-19H2,1-3H3. The van der Waals surface area contributed by atoms with E-state index in [-0.39, 0.29) is 0 Å². The van der Waals surface area contributed by atoms with Crippen LogP contribution in [-0.4, -0.2) is 51.6 Å². The number of fused-ring (bicyclic) bond motifs is 1. The summed E-state index contributed by atoms with van der Waals surface area (Å²) in [5.74, 6) is 0.910. The maximum atomic E-state index is 4.82. The summed E-state index contributed by atoms with van der Waals surface area (Å²) in [5.41, 5.74) is 3.17. The third-order valence-corrected chi connectivity index (χ3v) is 8.60. The SMILES string of the molecule is CC(C)(C)C1CCC(N2CCC(n3cc(CN4CCCC4)c4cccnc43)CC2)CC1. The minimum Gasteiger partial charge on any atom is -0.329 e. The second-order valence-electron chi connectivity index (χ2n) is 11.6. The van der Waals surface area contributed by atoms with Crippen molar-refractivity contribution in [2.45, 2.75) is 90.8 Å². The molecule has 0 radical (unpaired) electrons. The van der Waals surface area contributed by atoms with E-state index in [0.29, 0.717) is 11.5 Å². The van der Waals surface area contributed by atoms with Gasteiger partial charge in [-0.25, -0.2) is 4.98 Å². The zero-order chi connectivity index (χ0) is 21.4. The molecule has 0 aromatic carbocycles. The number of hydrogen-bond acceptors (Lipinski definition) is 3. The van der Waals surface area contributed by atoms with Gasteiger partial charge in [0.2, 0.25) is 0 Å². The summed E-state index contributed by atoms with van der Waals surface area (Å²) in [6, 6.07) is 5.82. The van der Waals surface area contributed by atoms with Crippen molar-refractivity contribution < 1.29 is 0 Å². The molecule has 2 aliphatic heterocycles. The molecule has 0 unspecified atom stereocenters. The predicted molar refractivity (Wildman–Crippen MR) is 129 cm³/mol. The van der Waals surface area contributed by atoms with Crippen molar-refractivity contribution >= 4 is 11.0 Å². The van der Waals surface area contributed by atoms with E-state index in [0.717, 1.165) is 18.5 Å². The van der Waals surface area contributed by atoms with Crippen molar-refractivity contribution in [2.75, 3.05) is 26.2 Å². The Morgan fingerprint density at radius 3 is 2.29 bits per heavy atom. The van der Waals surface area contributed by atoms with Crippen molar-refractivity contribution in [3.63, 3.8) is 0 Å². The van der Waals surface area contributed by atoms with Crippen LogP contribution in [-0.2, 0) is 6.54 Å². The lowest BCUT2D eigenvalue weighted by atomic mass is 9.71. The van der Waals surface area contributed by atoms with E-state index in [1.54, 1.807) is 0 Å². The maximum absolute atomic E-state index is 4.82. The van der Waals surface area contributed by atoms with Gasteiger partial charge in [-0.1, -0.05) is 20.8 Å². The lowest BCUT2D eigenvalue weighted by Crippen LogP contribution is -2.44. The fourth-order valence-electron chi connectivity index (χ4n) is 6.57. The first-order chi connectivity index (χ1) is 15.0. The first-order valence-electron chi connectivity index (χ1n) is 12.9. The second-order valence-corrected chi connectivity index (χ2v) is 11.6. The highest BCUT2D eigenvalue weighted by Crippen LogP contribution is 2.40. The van der Waals surface area contributed by atoms with E-state index in [1.807, 2.05) is 6.20 Å². The number of likely N-dealkylation sites (tertiary alicyclic amines) is 2. The van der Waals surface area contributed by atoms with Gasteiger partial charge in [0.1, 0.15) is 5.65 Å². The van der Waals surface area contributed by atoms with Gasteiger partial charge in [-0.2, -0.15) is 0 Å². The lowest BCUT2D eigenvalue weighted by molar-refractivity contribution is 0.0722. The largest absolute Gasteiger partial charge is 0.329 e. The van der Waals surface area contributed by atoms with Gasteiger partial charge in [0, 0.05) is 49.5 Å². The van der Waals surface area contributed by atoms with E-state index in [4.69, 9.17) is 4.98 Å². The summed E-state index contributed by atoms with van der Waals surface area (Å²) in [6.07, 6.45) is 15.3. The zero-order valence-corrected chi connectivity index (χ0v) is 20.0. The number of pyridine rings is 1. The van der Waals surface area contributed by atoms with Crippen LogP contribution in [0.1, 0.15) is 83.7 Å². The van der Waals surface area contributed by atoms with Crippen molar-refractivity contribution in [1.29, 1.82) is 0 Å². The summed E-state index contributed by atoms with van der Waals surface area (Å²) in [5, 5.41) is 1.37. The van der Waals surface area contributed by atoms with E-state index < -0.39 is 0 Å². The molecule has 1 aliphatic carbocycles. The highest BCUT2D eigenvalue weighted by Gasteiger charge is 2.33. The van der Waals surface area contributed by atoms with Crippen molar-refractivity contribution in [1.82, 2.24) is 19.4 Å². The van der Waals surface area contributed by atoms with Gasteiger partial charge < -0.3 is 9.47 Å². The molecule has 4 nitrogen and oxygen atoms in total. The molecule has 1 saturated carbocycles. The zero-order valence-electron chi connectivity index (χ0n) is 20.0. The normalized spacial score (nSPS) is 27.3. The van der Waals surface area contributed by atoms with Crippen LogP contribution in [0, 0.1) is 11.3 Å². The van der Waals surface area contributed by atoms with Crippen LogP contribution in [0.15, 0.2) is 24.5 Å². The first kappa shape index (κ1) is 21.5. The molecule has 3 aliphatic rings. The average Bonchev–Trinajstić information content (AvgIpc) is 3.42. The highest BCUT2D eigenvalue weighted by atomic mass is 15.2. The van der Waals surface area contributed by atoms with Crippen LogP contribution >= 0.6 is 0 Å². The van der Waals surface area contributed by atoms with Crippen molar-refractivity contribution in [2.24, 2.45) is 11.3 Å². The molecule has 0 N–H and O–H groups in total. The molecular formula is C27H42N4. The number of aromatic nitrogens is 2. The highest BCUT2D eigenvalue weighted by molar-refractivity contribution is 5.80. The van der Waals surface area contributed by atoms with Crippen LogP contribution in [0.25, 0.3) is 11.0 Å². The number of rotatable bonds is 4. The molecule has 0 spiro atoms. The summed E-state index contributed by atoms with van der Waals surface area (Å²) in [4.78, 5) is 10.3. The van der Waals surface area contributed by atoms with Gasteiger partial charge in [0.15, 0.2) is 0 Å². The predicted octanol–water partition coefficient (Wildman–Crippen LogP) is 5.87. The van der Waals surface area contributed by atoms with Crippen LogP contribution in [0.3, 0.4) is 0 Å². The molecule has 0 amide bonds. The molecule has 5 rings (SSSR count). The summed E-state index contributed by atoms with van der Waals surface area (Å²) in [6.45, 7) is 13.4. The monoisotopic (exact) mass is 422 g/mol. The van der Waals surface area contributed by atoms with Gasteiger partial charge in [-0.3, -0.25) is 4.90 Å². The lowest BCUT2D eigenvalue weighted by Gasteiger charge is -2.43. The van der Waals surface area contributed by atoms with Gasteiger partial charge >= 0.3 is 0 Å². The third kappa shape index (κ3) is 4.57. The molecule has 0 bridgehead atoms. The Kier molecular flexibility index (Phi) is 6.13. The van der Waals surface area contributed by atoms with Gasteiger partial charge in [0.25, 0.3) is 0 Å². The fourth-order valence-corrected chi connectivity index (χ4v) is 6.57. The van der Waals surface area contributed by atoms with Gasteiger partial charge in [0.05, 0.1) is 0 Å². The van der Waals surface area contributed by atoms with E-state index in [2.05, 4.69) is 53.5 Å². The number of hydrogen-bond donors (Lipinski definition) is 0. The molecule has 31 heavy (non-hydrogen) atoms. The van der Waals surface area contributed by atoms with E-state index in [1.165, 1.54) is 94.1 Å². The summed E-state index contributed by atoms with van der Waals surface area (Å²) in [7, 11) is 0. The molecule has 2 aromatic heterocycles. The smallest absolute Gasteiger partial charge is 0.140 e. The third-order valence-electron chi connectivity index (χ3n) is 8.60. The molecule has 2 saturated heterocycles. The molecule has 4 heteroatoms. The fraction of sp³-hybridized carbons (Fsp3) is 0.741. The molecule has 4 heterocycles. The average molecular weight is 423 g/mol. The molecule has 0 atom stereocenters. The number of piperidine rings is 1. The maximum Gasteiger partial charge on any atom is 0.140 e. The van der Waals surface area contributed by atoms with Gasteiger partial charge in [-0.05, 0) is 93.5 Å². The molecule has 3 fully saturated rings. The Morgan fingerprint density at radius 1 is 0.903 bits per heavy atom. The van der Waals surface area contributed by atoms with Crippen molar-refractivity contribution in [3.8, 4) is 0 Å². The van der Waals surface area contributed by atoms with Gasteiger partial charge in [-0.15, -0.1) is 0 Å². The second kappa shape index (κ2) is 8.86. The Labute approximate surface area is 189 Å². The summed E-state index contributed by atoms with van der Waals surface area (Å²) >= 11 is 0. The Hall–Kier alpha value is -1.39. The topological polar surface area (TPSA) is 24.3 Å². The van der Waals surface area contributed by atoms with Crippen LogP contribution < -0.4 is 0 Å². The quantitative estimate of drug-likeness (QED) is 0.615. The van der Waals surface area contributed by atoms with E-state index in [9.17, 15) is 0 Å². The minimum absolute atomic E-state index is 0.479. The first-order valence-corrected chi connectivity index (χ1v) is 12.9. The van der Waals surface area contributed by atoms with Crippen LogP contribution in [0.5, 0.6) is 0 Å². The van der Waals surface area contributed by atoms with Crippen LogP contribution in [0.2, 0.25) is 0 Å². The Balaban J connectivity index is 1.24. The molecule has 170 valence electrons. The minimum atomic E-state index is 0.479. The van der Waals surface area contributed by atoms with Crippen LogP contribution in [0.4, 0.5) is 0 Å².